The smallest absolute Gasteiger partial charge is 0.292 e. The van der Waals surface area contributed by atoms with Crippen molar-refractivity contribution in [2.75, 3.05) is 18.9 Å². The van der Waals surface area contributed by atoms with Crippen molar-refractivity contribution < 1.29 is 9.72 Å². The molecule has 2 aromatic rings. The Labute approximate surface area is 125 Å². The summed E-state index contributed by atoms with van der Waals surface area (Å²) in [6, 6.07) is 4.25. The first kappa shape index (κ1) is 14.9. The summed E-state index contributed by atoms with van der Waals surface area (Å²) in [5.74, 6) is -0.284. The minimum absolute atomic E-state index is 0.0539. The minimum atomic E-state index is -0.473. The van der Waals surface area contributed by atoms with Crippen molar-refractivity contribution in [3.8, 4) is 0 Å². The van der Waals surface area contributed by atoms with E-state index >= 15 is 0 Å². The largest absolute Gasteiger partial charge is 0.379 e. The number of carbonyl (C=O) groups is 1. The van der Waals surface area contributed by atoms with Crippen LogP contribution in [0.4, 0.5) is 11.4 Å². The molecular formula is C13H14N4O3S. The second-order valence-electron chi connectivity index (χ2n) is 4.17. The third-order valence-electron chi connectivity index (χ3n) is 2.82. The van der Waals surface area contributed by atoms with E-state index in [1.807, 2.05) is 5.38 Å². The maximum Gasteiger partial charge on any atom is 0.292 e. The number of carbonyl (C=O) groups excluding carboxylic acids is 1. The van der Waals surface area contributed by atoms with Crippen molar-refractivity contribution in [2.45, 2.75) is 6.42 Å². The van der Waals surface area contributed by atoms with Crippen molar-refractivity contribution >= 4 is 28.6 Å². The Hall–Kier alpha value is -2.48. The van der Waals surface area contributed by atoms with Gasteiger partial charge in [0.05, 0.1) is 9.93 Å². The lowest BCUT2D eigenvalue weighted by molar-refractivity contribution is -0.384. The number of nitrogens with one attached hydrogen (secondary N) is 2. The molecule has 0 aliphatic rings. The van der Waals surface area contributed by atoms with Crippen LogP contribution in [0.5, 0.6) is 0 Å². The molecule has 0 atom stereocenters. The van der Waals surface area contributed by atoms with Crippen LogP contribution in [0.25, 0.3) is 0 Å². The highest BCUT2D eigenvalue weighted by Gasteiger charge is 2.16. The molecular weight excluding hydrogens is 292 g/mol. The van der Waals surface area contributed by atoms with Crippen LogP contribution in [0.3, 0.4) is 0 Å². The molecule has 110 valence electrons. The van der Waals surface area contributed by atoms with Gasteiger partial charge in [0.2, 0.25) is 0 Å². The predicted molar refractivity (Wildman–Crippen MR) is 80.8 cm³/mol. The molecule has 0 saturated heterocycles. The van der Waals surface area contributed by atoms with E-state index in [2.05, 4.69) is 15.6 Å². The molecule has 1 heterocycles. The fourth-order valence-electron chi connectivity index (χ4n) is 1.80. The molecule has 0 aliphatic heterocycles. The second-order valence-corrected chi connectivity index (χ2v) is 5.15. The first-order valence-electron chi connectivity index (χ1n) is 6.24. The number of nitro benzene ring substituents is 1. The average molecular weight is 306 g/mol. The average Bonchev–Trinajstić information content (AvgIpc) is 2.99. The number of rotatable bonds is 6. The summed E-state index contributed by atoms with van der Waals surface area (Å²) >= 11 is 1.53. The van der Waals surface area contributed by atoms with Gasteiger partial charge in [0.1, 0.15) is 5.69 Å². The Kier molecular flexibility index (Phi) is 4.83. The molecule has 2 rings (SSSR count). The zero-order valence-corrected chi connectivity index (χ0v) is 12.1. The van der Waals surface area contributed by atoms with Crippen LogP contribution in [-0.4, -0.2) is 29.4 Å². The number of hydrogen-bond acceptors (Lipinski definition) is 6. The second kappa shape index (κ2) is 6.80. The van der Waals surface area contributed by atoms with Gasteiger partial charge in [-0.15, -0.1) is 11.3 Å². The number of hydrogen-bond donors (Lipinski definition) is 2. The Bertz CT molecular complexity index is 643. The molecule has 21 heavy (non-hydrogen) atoms. The highest BCUT2D eigenvalue weighted by Crippen LogP contribution is 2.25. The van der Waals surface area contributed by atoms with Gasteiger partial charge in [0.15, 0.2) is 0 Å². The minimum Gasteiger partial charge on any atom is -0.379 e. The number of aromatic nitrogens is 1. The van der Waals surface area contributed by atoms with Gasteiger partial charge in [0, 0.05) is 43.2 Å². The van der Waals surface area contributed by atoms with Gasteiger partial charge in [-0.05, 0) is 12.1 Å². The van der Waals surface area contributed by atoms with E-state index in [0.717, 1.165) is 5.01 Å². The molecule has 8 heteroatoms. The molecule has 1 amide bonds. The summed E-state index contributed by atoms with van der Waals surface area (Å²) in [4.78, 5) is 26.3. The maximum atomic E-state index is 11.6. The number of nitro groups is 1. The van der Waals surface area contributed by atoms with Crippen LogP contribution in [0, 0.1) is 10.1 Å². The summed E-state index contributed by atoms with van der Waals surface area (Å²) in [5, 5.41) is 19.3. The first-order valence-corrected chi connectivity index (χ1v) is 7.12. The predicted octanol–water partition coefficient (Wildman–Crippen LogP) is 2.07. The van der Waals surface area contributed by atoms with Gasteiger partial charge in [-0.1, -0.05) is 0 Å². The number of benzene rings is 1. The number of nitrogens with zero attached hydrogens (tertiary/aromatic N) is 2. The zero-order valence-electron chi connectivity index (χ0n) is 11.3. The third kappa shape index (κ3) is 3.76. The summed E-state index contributed by atoms with van der Waals surface area (Å²) in [6.07, 6.45) is 2.38. The van der Waals surface area contributed by atoms with Gasteiger partial charge in [0.25, 0.3) is 11.6 Å². The third-order valence-corrected chi connectivity index (χ3v) is 3.66. The fraction of sp³-hybridized carbons (Fsp3) is 0.231. The molecule has 1 aromatic carbocycles. The fourth-order valence-corrected chi connectivity index (χ4v) is 2.42. The molecule has 0 bridgehead atoms. The van der Waals surface area contributed by atoms with E-state index in [0.29, 0.717) is 24.2 Å². The molecule has 0 spiro atoms. The summed E-state index contributed by atoms with van der Waals surface area (Å²) < 4.78 is 0. The van der Waals surface area contributed by atoms with Crippen molar-refractivity contribution in [1.82, 2.24) is 10.3 Å². The molecule has 0 unspecified atom stereocenters. The molecule has 7 nitrogen and oxygen atoms in total. The normalized spacial score (nSPS) is 10.1. The topological polar surface area (TPSA) is 97.2 Å². The van der Waals surface area contributed by atoms with Gasteiger partial charge < -0.3 is 10.6 Å². The SMILES string of the molecule is CNC(=O)c1ccc([N+](=O)[O-])c(NCCc2nccs2)c1. The van der Waals surface area contributed by atoms with Crippen molar-refractivity contribution in [1.29, 1.82) is 0 Å². The zero-order chi connectivity index (χ0) is 15.2. The lowest BCUT2D eigenvalue weighted by Crippen LogP contribution is -2.18. The number of anilines is 1. The van der Waals surface area contributed by atoms with Crippen LogP contribution in [0.2, 0.25) is 0 Å². The van der Waals surface area contributed by atoms with E-state index in [1.54, 1.807) is 6.20 Å². The van der Waals surface area contributed by atoms with Crippen LogP contribution in [0.1, 0.15) is 15.4 Å². The van der Waals surface area contributed by atoms with Crippen LogP contribution < -0.4 is 10.6 Å². The Morgan fingerprint density at radius 1 is 1.48 bits per heavy atom. The van der Waals surface area contributed by atoms with E-state index < -0.39 is 4.92 Å². The lowest BCUT2D eigenvalue weighted by Gasteiger charge is -2.08. The molecule has 0 aliphatic carbocycles. The maximum absolute atomic E-state index is 11.6. The monoisotopic (exact) mass is 306 g/mol. The van der Waals surface area contributed by atoms with E-state index in [9.17, 15) is 14.9 Å². The van der Waals surface area contributed by atoms with Crippen molar-refractivity contribution in [3.05, 3.63) is 50.5 Å². The highest BCUT2D eigenvalue weighted by molar-refractivity contribution is 7.09. The quantitative estimate of drug-likeness (QED) is 0.629. The molecule has 2 N–H and O–H groups in total. The van der Waals surface area contributed by atoms with Crippen LogP contribution >= 0.6 is 11.3 Å². The standard InChI is InChI=1S/C13H14N4O3S/c1-14-13(18)9-2-3-11(17(19)20)10(8-9)15-5-4-12-16-6-7-21-12/h2-3,6-8,15H,4-5H2,1H3,(H,14,18). The van der Waals surface area contributed by atoms with Gasteiger partial charge >= 0.3 is 0 Å². The van der Waals surface area contributed by atoms with E-state index in [-0.39, 0.29) is 11.6 Å². The lowest BCUT2D eigenvalue weighted by atomic mass is 10.1. The molecule has 1 aromatic heterocycles. The van der Waals surface area contributed by atoms with Crippen molar-refractivity contribution in [3.63, 3.8) is 0 Å². The van der Waals surface area contributed by atoms with Crippen LogP contribution in [-0.2, 0) is 6.42 Å². The van der Waals surface area contributed by atoms with Crippen molar-refractivity contribution in [2.24, 2.45) is 0 Å². The first-order chi connectivity index (χ1) is 10.1. The molecule has 0 saturated carbocycles. The summed E-state index contributed by atoms with van der Waals surface area (Å²) in [6.45, 7) is 0.506. The highest BCUT2D eigenvalue weighted by atomic mass is 32.1. The Morgan fingerprint density at radius 2 is 2.29 bits per heavy atom. The number of amides is 1. The van der Waals surface area contributed by atoms with E-state index in [4.69, 9.17) is 0 Å². The van der Waals surface area contributed by atoms with Gasteiger partial charge in [-0.2, -0.15) is 0 Å². The van der Waals surface area contributed by atoms with Gasteiger partial charge in [-0.25, -0.2) is 4.98 Å². The van der Waals surface area contributed by atoms with Gasteiger partial charge in [-0.3, -0.25) is 14.9 Å². The molecule has 0 fully saturated rings. The Morgan fingerprint density at radius 3 is 2.90 bits per heavy atom. The van der Waals surface area contributed by atoms with E-state index in [1.165, 1.54) is 36.6 Å². The summed E-state index contributed by atoms with van der Waals surface area (Å²) in [7, 11) is 1.51. The number of thiazole rings is 1. The Balaban J connectivity index is 2.14. The summed E-state index contributed by atoms with van der Waals surface area (Å²) in [5.41, 5.74) is 0.652. The van der Waals surface area contributed by atoms with Crippen LogP contribution in [0.15, 0.2) is 29.8 Å². The molecule has 0 radical (unpaired) electrons.